The molecule has 0 amide bonds. The van der Waals surface area contributed by atoms with Gasteiger partial charge in [-0.05, 0) is 0 Å². The van der Waals surface area contributed by atoms with Crippen molar-refractivity contribution >= 4 is 7.82 Å². The molecular formula is C6H13O7P. The Morgan fingerprint density at radius 1 is 1.43 bits per heavy atom. The first-order chi connectivity index (χ1) is 6.40. The van der Waals surface area contributed by atoms with Crippen LogP contribution in [0.15, 0.2) is 0 Å². The van der Waals surface area contributed by atoms with Crippen LogP contribution in [0, 0.1) is 0 Å². The van der Waals surface area contributed by atoms with E-state index in [0.717, 1.165) is 0 Å². The minimum Gasteiger partial charge on any atom is -0.394 e. The molecule has 0 aromatic heterocycles. The molecule has 8 heteroatoms. The monoisotopic (exact) mass is 228 g/mol. The first kappa shape index (κ1) is 12.1. The van der Waals surface area contributed by atoms with E-state index in [1.54, 1.807) is 0 Å². The Labute approximate surface area is 80.5 Å². The number of rotatable bonds is 3. The maximum Gasteiger partial charge on any atom is 0.471 e. The summed E-state index contributed by atoms with van der Waals surface area (Å²) in [6, 6.07) is 0. The van der Waals surface area contributed by atoms with Gasteiger partial charge in [0.1, 0.15) is 0 Å². The first-order valence-electron chi connectivity index (χ1n) is 4.09. The van der Waals surface area contributed by atoms with Crippen molar-refractivity contribution < 1.29 is 33.8 Å². The average molecular weight is 228 g/mol. The molecule has 0 bridgehead atoms. The quantitative estimate of drug-likeness (QED) is 0.455. The first-order valence-corrected chi connectivity index (χ1v) is 5.62. The summed E-state index contributed by atoms with van der Waals surface area (Å²) in [5.74, 6) is 0. The predicted molar refractivity (Wildman–Crippen MR) is 44.1 cm³/mol. The second-order valence-corrected chi connectivity index (χ2v) is 4.28. The number of aliphatic hydroxyl groups is 2. The third kappa shape index (κ3) is 4.02. The Kier molecular flexibility index (Phi) is 4.03. The maximum absolute atomic E-state index is 10.4. The van der Waals surface area contributed by atoms with Crippen LogP contribution in [0.25, 0.3) is 0 Å². The van der Waals surface area contributed by atoms with Gasteiger partial charge in [-0.25, -0.2) is 4.57 Å². The lowest BCUT2D eigenvalue weighted by atomic mass is 10.1. The predicted octanol–water partition coefficient (Wildman–Crippen LogP) is -1.05. The van der Waals surface area contributed by atoms with Gasteiger partial charge in [-0.1, -0.05) is 0 Å². The molecular weight excluding hydrogens is 215 g/mol. The summed E-state index contributed by atoms with van der Waals surface area (Å²) in [5, 5.41) is 18.0. The third-order valence-corrected chi connectivity index (χ3v) is 2.31. The lowest BCUT2D eigenvalue weighted by Crippen LogP contribution is -2.38. The number of phosphoric ester groups is 1. The number of ether oxygens (including phenoxy) is 1. The Bertz CT molecular complexity index is 226. The number of hydrogen-bond donors (Lipinski definition) is 4. The summed E-state index contributed by atoms with van der Waals surface area (Å²) in [7, 11) is -4.62. The lowest BCUT2D eigenvalue weighted by molar-refractivity contribution is -0.190. The largest absolute Gasteiger partial charge is 0.471 e. The van der Waals surface area contributed by atoms with Gasteiger partial charge in [-0.15, -0.1) is 0 Å². The van der Waals surface area contributed by atoms with Crippen molar-refractivity contribution in [1.29, 1.82) is 0 Å². The molecule has 0 spiro atoms. The van der Waals surface area contributed by atoms with Gasteiger partial charge in [-0.3, -0.25) is 4.52 Å². The van der Waals surface area contributed by atoms with Crippen LogP contribution in [0.4, 0.5) is 0 Å². The summed E-state index contributed by atoms with van der Waals surface area (Å²) >= 11 is 0. The summed E-state index contributed by atoms with van der Waals surface area (Å²) in [6.45, 7) is -0.321. The molecule has 1 fully saturated rings. The molecule has 1 unspecified atom stereocenters. The molecule has 0 aromatic rings. The van der Waals surface area contributed by atoms with E-state index in [1.807, 2.05) is 0 Å². The van der Waals surface area contributed by atoms with Gasteiger partial charge in [0.05, 0.1) is 18.8 Å². The van der Waals surface area contributed by atoms with Crippen LogP contribution in [0.3, 0.4) is 0 Å². The van der Waals surface area contributed by atoms with Crippen molar-refractivity contribution in [2.24, 2.45) is 0 Å². The lowest BCUT2D eigenvalue weighted by Gasteiger charge is -2.31. The zero-order chi connectivity index (χ0) is 10.8. The highest BCUT2D eigenvalue weighted by molar-refractivity contribution is 7.46. The smallest absolute Gasteiger partial charge is 0.394 e. The van der Waals surface area contributed by atoms with Gasteiger partial charge in [0, 0.05) is 12.8 Å². The summed E-state index contributed by atoms with van der Waals surface area (Å²) in [4.78, 5) is 17.0. The van der Waals surface area contributed by atoms with Gasteiger partial charge < -0.3 is 24.7 Å². The summed E-state index contributed by atoms with van der Waals surface area (Å²) < 4.78 is 19.7. The molecule has 1 aliphatic heterocycles. The molecule has 7 nitrogen and oxygen atoms in total. The van der Waals surface area contributed by atoms with Crippen LogP contribution in [0.5, 0.6) is 0 Å². The van der Waals surface area contributed by atoms with Crippen LogP contribution in [0.1, 0.15) is 12.8 Å². The van der Waals surface area contributed by atoms with Gasteiger partial charge in [0.15, 0.2) is 6.29 Å². The molecule has 3 atom stereocenters. The summed E-state index contributed by atoms with van der Waals surface area (Å²) in [5.41, 5.74) is 0. The van der Waals surface area contributed by atoms with Gasteiger partial charge in [-0.2, -0.15) is 0 Å². The van der Waals surface area contributed by atoms with E-state index in [-0.39, 0.29) is 19.4 Å². The average Bonchev–Trinajstić information content (AvgIpc) is 1.99. The van der Waals surface area contributed by atoms with Gasteiger partial charge in [0.2, 0.25) is 0 Å². The van der Waals surface area contributed by atoms with E-state index in [2.05, 4.69) is 4.52 Å². The molecule has 14 heavy (non-hydrogen) atoms. The zero-order valence-corrected chi connectivity index (χ0v) is 8.21. The normalized spacial score (nSPS) is 34.4. The molecule has 1 aliphatic rings. The van der Waals surface area contributed by atoms with Crippen molar-refractivity contribution in [1.82, 2.24) is 0 Å². The van der Waals surface area contributed by atoms with Crippen LogP contribution in [-0.4, -0.2) is 45.1 Å². The number of aliphatic hydroxyl groups excluding tert-OH is 2. The van der Waals surface area contributed by atoms with E-state index in [4.69, 9.17) is 19.6 Å². The van der Waals surface area contributed by atoms with E-state index < -0.39 is 26.3 Å². The zero-order valence-electron chi connectivity index (χ0n) is 7.31. The Balaban J connectivity index is 2.49. The molecule has 0 saturated carbocycles. The SMILES string of the molecule is O=P(O)(O)OC1C[C@@H](O)C[C@@H](CO)O1. The second-order valence-electron chi connectivity index (χ2n) is 3.09. The molecule has 1 rings (SSSR count). The van der Waals surface area contributed by atoms with Crippen LogP contribution in [-0.2, 0) is 13.8 Å². The molecule has 4 N–H and O–H groups in total. The van der Waals surface area contributed by atoms with E-state index in [0.29, 0.717) is 0 Å². The molecule has 0 aromatic carbocycles. The fourth-order valence-corrected chi connectivity index (χ4v) is 1.73. The molecule has 1 heterocycles. The Hall–Kier alpha value is -0.0100. The van der Waals surface area contributed by atoms with Crippen molar-refractivity contribution in [2.75, 3.05) is 6.61 Å². The minimum absolute atomic E-state index is 0.0123. The topological polar surface area (TPSA) is 116 Å². The molecule has 1 saturated heterocycles. The fourth-order valence-electron chi connectivity index (χ4n) is 1.29. The molecule has 0 radical (unpaired) electrons. The summed E-state index contributed by atoms with van der Waals surface area (Å²) in [6.07, 6.45) is -2.37. The molecule has 0 aliphatic carbocycles. The van der Waals surface area contributed by atoms with E-state index in [1.165, 1.54) is 0 Å². The van der Waals surface area contributed by atoms with E-state index >= 15 is 0 Å². The third-order valence-electron chi connectivity index (χ3n) is 1.80. The Morgan fingerprint density at radius 2 is 2.07 bits per heavy atom. The number of hydrogen-bond acceptors (Lipinski definition) is 5. The minimum atomic E-state index is -4.62. The highest BCUT2D eigenvalue weighted by atomic mass is 31.2. The van der Waals surface area contributed by atoms with Gasteiger partial charge >= 0.3 is 7.82 Å². The second kappa shape index (κ2) is 4.67. The number of phosphoric acid groups is 1. The van der Waals surface area contributed by atoms with Crippen molar-refractivity contribution in [3.05, 3.63) is 0 Å². The standard InChI is InChI=1S/C6H13O7P/c7-3-5-1-4(8)2-6(12-5)13-14(9,10)11/h4-8H,1-3H2,(H2,9,10,11)/t4-,5-,6?/m0/s1. The van der Waals surface area contributed by atoms with Crippen LogP contribution >= 0.6 is 7.82 Å². The highest BCUT2D eigenvalue weighted by Crippen LogP contribution is 2.40. The van der Waals surface area contributed by atoms with Crippen molar-refractivity contribution in [3.8, 4) is 0 Å². The molecule has 84 valence electrons. The maximum atomic E-state index is 10.4. The van der Waals surface area contributed by atoms with Crippen LogP contribution in [0.2, 0.25) is 0 Å². The Morgan fingerprint density at radius 3 is 2.57 bits per heavy atom. The van der Waals surface area contributed by atoms with Crippen molar-refractivity contribution in [2.45, 2.75) is 31.3 Å². The fraction of sp³-hybridized carbons (Fsp3) is 1.00. The van der Waals surface area contributed by atoms with Crippen LogP contribution < -0.4 is 0 Å². The van der Waals surface area contributed by atoms with E-state index in [9.17, 15) is 9.67 Å². The highest BCUT2D eigenvalue weighted by Gasteiger charge is 2.32. The van der Waals surface area contributed by atoms with Gasteiger partial charge in [0.25, 0.3) is 0 Å². The van der Waals surface area contributed by atoms with Crippen molar-refractivity contribution in [3.63, 3.8) is 0 Å².